The highest BCUT2D eigenvalue weighted by Gasteiger charge is 2.36. The minimum Gasteiger partial charge on any atom is -0.493 e. The van der Waals surface area contributed by atoms with Gasteiger partial charge in [0.2, 0.25) is 0 Å². The molecule has 1 heterocycles. The largest absolute Gasteiger partial charge is 0.493 e. The van der Waals surface area contributed by atoms with Crippen LogP contribution in [0.1, 0.15) is 41.7 Å². The van der Waals surface area contributed by atoms with Gasteiger partial charge >= 0.3 is 0 Å². The molecule has 220 valence electrons. The first-order valence-electron chi connectivity index (χ1n) is 13.6. The molecule has 0 radical (unpaired) electrons. The molecule has 0 spiro atoms. The van der Waals surface area contributed by atoms with Gasteiger partial charge in [-0.05, 0) is 71.8 Å². The molecule has 0 aromatic heterocycles. The van der Waals surface area contributed by atoms with Crippen molar-refractivity contribution in [2.45, 2.75) is 25.0 Å². The Morgan fingerprint density at radius 3 is 1.93 bits per heavy atom. The zero-order chi connectivity index (χ0) is 29.4. The number of allylic oxidation sites excluding steroid dienone is 1. The summed E-state index contributed by atoms with van der Waals surface area (Å²) >= 11 is 0. The van der Waals surface area contributed by atoms with Gasteiger partial charge in [0, 0.05) is 5.92 Å². The van der Waals surface area contributed by atoms with Crippen LogP contribution in [0.4, 0.5) is 0 Å². The van der Waals surface area contributed by atoms with Crippen molar-refractivity contribution in [2.24, 2.45) is 11.8 Å². The molecule has 41 heavy (non-hydrogen) atoms. The Kier molecular flexibility index (Phi) is 10.4. The molecule has 0 unspecified atom stereocenters. The number of aliphatic hydroxyl groups is 1. The molecule has 0 bridgehead atoms. The summed E-state index contributed by atoms with van der Waals surface area (Å²) in [5.41, 5.74) is 2.77. The molecule has 8 heteroatoms. The van der Waals surface area contributed by atoms with Crippen molar-refractivity contribution >= 4 is 6.08 Å². The summed E-state index contributed by atoms with van der Waals surface area (Å²) in [7, 11) is 9.68. The third-order valence-electron chi connectivity index (χ3n) is 7.61. The highest BCUT2D eigenvalue weighted by molar-refractivity contribution is 5.56. The monoisotopic (exact) mass is 564 g/mol. The second-order valence-corrected chi connectivity index (χ2v) is 9.94. The number of methoxy groups -OCH3 is 6. The van der Waals surface area contributed by atoms with Gasteiger partial charge in [-0.2, -0.15) is 0 Å². The van der Waals surface area contributed by atoms with Crippen LogP contribution in [-0.2, 0) is 4.74 Å². The molecule has 4 rings (SSSR count). The van der Waals surface area contributed by atoms with Crippen molar-refractivity contribution in [1.29, 1.82) is 0 Å². The first-order chi connectivity index (χ1) is 20.0. The molecular formula is C33H40O8. The van der Waals surface area contributed by atoms with Gasteiger partial charge in [0.1, 0.15) is 0 Å². The van der Waals surface area contributed by atoms with Gasteiger partial charge in [0.25, 0.3) is 0 Å². The van der Waals surface area contributed by atoms with Gasteiger partial charge < -0.3 is 38.3 Å². The van der Waals surface area contributed by atoms with Crippen molar-refractivity contribution in [1.82, 2.24) is 0 Å². The molecule has 1 fully saturated rings. The van der Waals surface area contributed by atoms with E-state index in [4.69, 9.17) is 33.2 Å². The van der Waals surface area contributed by atoms with Gasteiger partial charge in [-0.1, -0.05) is 30.4 Å². The van der Waals surface area contributed by atoms with Gasteiger partial charge in [-0.3, -0.25) is 0 Å². The fourth-order valence-electron chi connectivity index (χ4n) is 5.43. The average molecular weight is 565 g/mol. The van der Waals surface area contributed by atoms with E-state index >= 15 is 0 Å². The lowest BCUT2D eigenvalue weighted by Crippen LogP contribution is -2.32. The van der Waals surface area contributed by atoms with E-state index in [0.29, 0.717) is 41.1 Å². The minimum absolute atomic E-state index is 0.0954. The molecule has 1 aliphatic rings. The lowest BCUT2D eigenvalue weighted by atomic mass is 9.79. The van der Waals surface area contributed by atoms with Crippen LogP contribution in [0.2, 0.25) is 0 Å². The fourth-order valence-corrected chi connectivity index (χ4v) is 5.43. The third-order valence-corrected chi connectivity index (χ3v) is 7.61. The fraction of sp³-hybridized carbons (Fsp3) is 0.394. The standard InChI is InChI=1S/C33H40O8/c1-35-26-13-10-21(16-29(26)38-4)8-7-9-23-17-25(32(34)22-11-14-27(36-2)30(18-22)39-5)20-41-33(23)24-12-15-28(37-3)31(19-24)40-6/h7-8,10-16,18-19,23,25,32-34H,9,17,20H2,1-6H3/b8-7-/t23-,25+,32+,33-/m1/s1. The second kappa shape index (κ2) is 14.1. The molecular weight excluding hydrogens is 524 g/mol. The second-order valence-electron chi connectivity index (χ2n) is 9.94. The van der Waals surface area contributed by atoms with Crippen molar-refractivity contribution in [3.05, 3.63) is 77.4 Å². The van der Waals surface area contributed by atoms with E-state index in [1.54, 1.807) is 42.7 Å². The topological polar surface area (TPSA) is 84.8 Å². The zero-order valence-electron chi connectivity index (χ0n) is 24.6. The highest BCUT2D eigenvalue weighted by Crippen LogP contribution is 2.44. The van der Waals surface area contributed by atoms with Gasteiger partial charge in [-0.25, -0.2) is 0 Å². The molecule has 0 aliphatic carbocycles. The number of aliphatic hydroxyl groups excluding tert-OH is 1. The first kappa shape index (κ1) is 30.1. The van der Waals surface area contributed by atoms with Crippen LogP contribution in [-0.4, -0.2) is 54.4 Å². The average Bonchev–Trinajstić information content (AvgIpc) is 3.03. The molecule has 1 saturated heterocycles. The highest BCUT2D eigenvalue weighted by atomic mass is 16.5. The Bertz CT molecular complexity index is 1320. The molecule has 4 atom stereocenters. The van der Waals surface area contributed by atoms with E-state index in [2.05, 4.69) is 12.2 Å². The Hall–Kier alpha value is -3.88. The van der Waals surface area contributed by atoms with Gasteiger partial charge in [0.15, 0.2) is 34.5 Å². The maximum absolute atomic E-state index is 11.4. The summed E-state index contributed by atoms with van der Waals surface area (Å²) in [6, 6.07) is 17.2. The smallest absolute Gasteiger partial charge is 0.161 e. The summed E-state index contributed by atoms with van der Waals surface area (Å²) in [6.45, 7) is 0.407. The van der Waals surface area contributed by atoms with Crippen molar-refractivity contribution in [3.63, 3.8) is 0 Å². The number of rotatable bonds is 12. The lowest BCUT2D eigenvalue weighted by Gasteiger charge is -2.38. The molecule has 0 amide bonds. The number of hydrogen-bond donors (Lipinski definition) is 1. The quantitative estimate of drug-likeness (QED) is 0.276. The maximum Gasteiger partial charge on any atom is 0.161 e. The maximum atomic E-state index is 11.4. The van der Waals surface area contributed by atoms with Crippen LogP contribution in [0, 0.1) is 11.8 Å². The SMILES string of the molecule is COc1ccc(/C=C\C[C@@H]2C[C@H]([C@@H](O)c3ccc(OC)c(OC)c3)CO[C@H]2c2ccc(OC)c(OC)c2)cc1OC. The number of benzene rings is 3. The van der Waals surface area contributed by atoms with Crippen LogP contribution >= 0.6 is 0 Å². The Labute approximate surface area is 242 Å². The predicted molar refractivity (Wildman–Crippen MR) is 158 cm³/mol. The summed E-state index contributed by atoms with van der Waals surface area (Å²) in [5.74, 6) is 3.87. The van der Waals surface area contributed by atoms with Gasteiger partial charge in [-0.15, -0.1) is 0 Å². The Balaban J connectivity index is 1.59. The molecule has 3 aromatic rings. The summed E-state index contributed by atoms with van der Waals surface area (Å²) in [4.78, 5) is 0. The molecule has 1 N–H and O–H groups in total. The summed E-state index contributed by atoms with van der Waals surface area (Å²) in [5, 5.41) is 11.4. The van der Waals surface area contributed by atoms with Crippen molar-refractivity contribution in [2.75, 3.05) is 49.3 Å². The predicted octanol–water partition coefficient (Wildman–Crippen LogP) is 6.27. The van der Waals surface area contributed by atoms with Crippen molar-refractivity contribution in [3.8, 4) is 34.5 Å². The molecule has 0 saturated carbocycles. The minimum atomic E-state index is -0.724. The van der Waals surface area contributed by atoms with E-state index in [1.807, 2.05) is 54.6 Å². The summed E-state index contributed by atoms with van der Waals surface area (Å²) < 4.78 is 39.1. The molecule has 3 aromatic carbocycles. The normalized spacial score (nSPS) is 19.4. The summed E-state index contributed by atoms with van der Waals surface area (Å²) in [6.07, 6.45) is 4.81. The lowest BCUT2D eigenvalue weighted by molar-refractivity contribution is -0.0901. The van der Waals surface area contributed by atoms with E-state index in [1.165, 1.54) is 0 Å². The van der Waals surface area contributed by atoms with E-state index < -0.39 is 6.10 Å². The molecule has 1 aliphatic heterocycles. The van der Waals surface area contributed by atoms with E-state index in [9.17, 15) is 5.11 Å². The van der Waals surface area contributed by atoms with Crippen LogP contribution in [0.15, 0.2) is 60.7 Å². The Morgan fingerprint density at radius 1 is 0.732 bits per heavy atom. The van der Waals surface area contributed by atoms with Crippen molar-refractivity contribution < 1.29 is 38.3 Å². The molecule has 8 nitrogen and oxygen atoms in total. The van der Waals surface area contributed by atoms with E-state index in [0.717, 1.165) is 29.5 Å². The third kappa shape index (κ3) is 6.89. The van der Waals surface area contributed by atoms with Crippen LogP contribution in [0.25, 0.3) is 6.08 Å². The van der Waals surface area contributed by atoms with E-state index in [-0.39, 0.29) is 17.9 Å². The number of hydrogen-bond acceptors (Lipinski definition) is 8. The van der Waals surface area contributed by atoms with Crippen LogP contribution in [0.3, 0.4) is 0 Å². The Morgan fingerprint density at radius 2 is 1.29 bits per heavy atom. The van der Waals surface area contributed by atoms with Crippen LogP contribution < -0.4 is 28.4 Å². The number of ether oxygens (including phenoxy) is 7. The van der Waals surface area contributed by atoms with Gasteiger partial charge in [0.05, 0.1) is 61.5 Å². The first-order valence-corrected chi connectivity index (χ1v) is 13.6. The van der Waals surface area contributed by atoms with Crippen LogP contribution in [0.5, 0.6) is 34.5 Å². The zero-order valence-corrected chi connectivity index (χ0v) is 24.6.